The van der Waals surface area contributed by atoms with Gasteiger partial charge in [-0.3, -0.25) is 0 Å². The van der Waals surface area contributed by atoms with Crippen LogP contribution in [0.25, 0.3) is 0 Å². The molecule has 2 heterocycles. The van der Waals surface area contributed by atoms with E-state index in [1.807, 2.05) is 0 Å². The topological polar surface area (TPSA) is 103 Å². The van der Waals surface area contributed by atoms with Crippen LogP contribution in [0.4, 0.5) is 38.5 Å². The van der Waals surface area contributed by atoms with E-state index < -0.39 is 36.1 Å². The molecule has 0 aromatic heterocycles. The first-order valence-corrected chi connectivity index (χ1v) is 10.8. The Morgan fingerprint density at radius 1 is 1.29 bits per heavy atom. The Balaban J connectivity index is 1.50. The van der Waals surface area contributed by atoms with Crippen LogP contribution < -0.4 is 20.7 Å². The Kier molecular flexibility index (Phi) is 6.50. The molecule has 4 rings (SSSR count). The number of carbonyl (C=O) groups is 2. The summed E-state index contributed by atoms with van der Waals surface area (Å²) in [6.45, 7) is 0.781. The molecule has 12 heteroatoms. The van der Waals surface area contributed by atoms with Gasteiger partial charge in [-0.25, -0.2) is 14.0 Å². The summed E-state index contributed by atoms with van der Waals surface area (Å²) >= 11 is 0. The Labute approximate surface area is 198 Å². The van der Waals surface area contributed by atoms with Crippen molar-refractivity contribution in [3.63, 3.8) is 0 Å². The van der Waals surface area contributed by atoms with Gasteiger partial charge in [-0.1, -0.05) is 12.1 Å². The summed E-state index contributed by atoms with van der Waals surface area (Å²) in [6.07, 6.45) is -4.59. The number of anilines is 2. The van der Waals surface area contributed by atoms with E-state index in [1.54, 1.807) is 18.2 Å². The molecule has 2 aromatic rings. The minimum atomic E-state index is -4.60. The molecule has 0 saturated carbocycles. The van der Waals surface area contributed by atoms with Crippen molar-refractivity contribution in [3.05, 3.63) is 53.1 Å². The van der Waals surface area contributed by atoms with E-state index in [4.69, 9.17) is 9.84 Å². The van der Waals surface area contributed by atoms with Crippen LogP contribution in [0, 0.1) is 0 Å². The van der Waals surface area contributed by atoms with Gasteiger partial charge in [-0.15, -0.1) is 0 Å². The monoisotopic (exact) mass is 496 g/mol. The van der Waals surface area contributed by atoms with E-state index in [0.717, 1.165) is 17.7 Å². The smallest absolute Gasteiger partial charge is 0.416 e. The van der Waals surface area contributed by atoms with Crippen molar-refractivity contribution >= 4 is 23.4 Å². The summed E-state index contributed by atoms with van der Waals surface area (Å²) in [4.78, 5) is 26.3. The molecule has 0 radical (unpaired) electrons. The molecule has 0 unspecified atom stereocenters. The van der Waals surface area contributed by atoms with Crippen LogP contribution in [-0.2, 0) is 12.7 Å². The van der Waals surface area contributed by atoms with Crippen LogP contribution in [0.5, 0.6) is 5.75 Å². The highest BCUT2D eigenvalue weighted by atomic mass is 19.4. The molecule has 0 aliphatic carbocycles. The van der Waals surface area contributed by atoms with Crippen molar-refractivity contribution in [3.8, 4) is 5.75 Å². The average molecular weight is 496 g/mol. The second-order valence-corrected chi connectivity index (χ2v) is 8.74. The molecule has 0 bridgehead atoms. The van der Waals surface area contributed by atoms with Gasteiger partial charge >= 0.3 is 18.2 Å². The lowest BCUT2D eigenvalue weighted by Gasteiger charge is -2.38. The Bertz CT molecular complexity index is 1140. The maximum atomic E-state index is 13.7. The fraction of sp³-hybridized carbons (Fsp3) is 0.391. The minimum absolute atomic E-state index is 0.0101. The lowest BCUT2D eigenvalue weighted by molar-refractivity contribution is -0.137. The van der Waals surface area contributed by atoms with Crippen LogP contribution in [0.1, 0.15) is 36.1 Å². The highest BCUT2D eigenvalue weighted by Crippen LogP contribution is 2.43. The number of ether oxygens (including phenoxy) is 1. The fourth-order valence-electron chi connectivity index (χ4n) is 4.15. The van der Waals surface area contributed by atoms with Crippen LogP contribution in [0.15, 0.2) is 36.4 Å². The Morgan fingerprint density at radius 3 is 2.74 bits per heavy atom. The van der Waals surface area contributed by atoms with Crippen molar-refractivity contribution in [2.75, 3.05) is 30.5 Å². The Hall–Kier alpha value is -3.54. The summed E-state index contributed by atoms with van der Waals surface area (Å²) in [5.41, 5.74) is -0.377. The maximum absolute atomic E-state index is 13.7. The summed E-state index contributed by atoms with van der Waals surface area (Å²) in [5.74, 6) is -0.138. The molecular weight excluding hydrogens is 472 g/mol. The molecule has 35 heavy (non-hydrogen) atoms. The number of hydrogen-bond acceptors (Lipinski definition) is 4. The Morgan fingerprint density at radius 2 is 2.06 bits per heavy atom. The van der Waals surface area contributed by atoms with Crippen LogP contribution in [-0.4, -0.2) is 47.5 Å². The highest BCUT2D eigenvalue weighted by molar-refractivity contribution is 5.95. The van der Waals surface area contributed by atoms with Gasteiger partial charge in [0.2, 0.25) is 0 Å². The number of fused-ring (bicyclic) bond motifs is 2. The number of carbonyl (C=O) groups excluding carboxylic acids is 2. The highest BCUT2D eigenvalue weighted by Gasteiger charge is 2.40. The number of β-amino-alcohol motifs (C(OH)–C–C–N with tert-alkyl or cyclic N) is 1. The first-order chi connectivity index (χ1) is 16.5. The normalized spacial score (nSPS) is 21.4. The lowest BCUT2D eigenvalue weighted by atomic mass is 9.88. The number of alkyl halides is 4. The molecule has 4 N–H and O–H groups in total. The van der Waals surface area contributed by atoms with Crippen LogP contribution >= 0.6 is 0 Å². The number of benzene rings is 2. The van der Waals surface area contributed by atoms with E-state index in [1.165, 1.54) is 17.9 Å². The van der Waals surface area contributed by atoms with E-state index in [2.05, 4.69) is 16.0 Å². The zero-order chi connectivity index (χ0) is 25.4. The number of hydrogen-bond donors (Lipinski definition) is 4. The predicted molar refractivity (Wildman–Crippen MR) is 119 cm³/mol. The summed E-state index contributed by atoms with van der Waals surface area (Å²) < 4.78 is 58.6. The lowest BCUT2D eigenvalue weighted by Crippen LogP contribution is -2.45. The standard InChI is InChI=1S/C23H24F4N4O4/c1-22(12-24)10-18(16-5-3-14(23(25,26)27)8-19(16)35-22)29-20(33)28-15-4-2-13-11-31(6-7-32)21(34)30-17(13)9-15/h2-5,8-9,18,32H,6-7,10-12H2,1H3,(H,30,34)(H2,28,29,33)/t18-,22+/m1/s1. The summed E-state index contributed by atoms with van der Waals surface area (Å²) in [7, 11) is 0. The third-order valence-corrected chi connectivity index (χ3v) is 5.92. The van der Waals surface area contributed by atoms with Gasteiger partial charge in [0.05, 0.1) is 18.2 Å². The fourth-order valence-corrected chi connectivity index (χ4v) is 4.15. The molecule has 188 valence electrons. The molecular formula is C23H24F4N4O4. The first-order valence-electron chi connectivity index (χ1n) is 10.8. The average Bonchev–Trinajstić information content (AvgIpc) is 2.78. The van der Waals surface area contributed by atoms with E-state index >= 15 is 0 Å². The maximum Gasteiger partial charge on any atom is 0.416 e. The number of nitrogens with zero attached hydrogens (tertiary/aromatic N) is 1. The number of aliphatic hydroxyl groups excluding tert-OH is 1. The molecule has 4 amide bonds. The zero-order valence-electron chi connectivity index (χ0n) is 18.7. The van der Waals surface area contributed by atoms with Crippen molar-refractivity contribution < 1.29 is 37.0 Å². The van der Waals surface area contributed by atoms with Gasteiger partial charge < -0.3 is 30.7 Å². The van der Waals surface area contributed by atoms with E-state index in [0.29, 0.717) is 23.5 Å². The number of amides is 4. The molecule has 2 aromatic carbocycles. The second-order valence-electron chi connectivity index (χ2n) is 8.74. The minimum Gasteiger partial charge on any atom is -0.484 e. The second kappa shape index (κ2) is 9.25. The van der Waals surface area contributed by atoms with Gasteiger partial charge in [0.1, 0.15) is 18.0 Å². The zero-order valence-corrected chi connectivity index (χ0v) is 18.7. The van der Waals surface area contributed by atoms with Crippen molar-refractivity contribution in [2.24, 2.45) is 0 Å². The van der Waals surface area contributed by atoms with Gasteiger partial charge in [-0.05, 0) is 36.8 Å². The van der Waals surface area contributed by atoms with Crippen molar-refractivity contribution in [1.82, 2.24) is 10.2 Å². The van der Waals surface area contributed by atoms with Gasteiger partial charge in [0, 0.05) is 36.4 Å². The number of halogens is 4. The van der Waals surface area contributed by atoms with Gasteiger partial charge in [0.15, 0.2) is 0 Å². The van der Waals surface area contributed by atoms with Crippen molar-refractivity contribution in [1.29, 1.82) is 0 Å². The summed E-state index contributed by atoms with van der Waals surface area (Å²) in [5, 5.41) is 17.1. The predicted octanol–water partition coefficient (Wildman–Crippen LogP) is 4.42. The molecule has 0 spiro atoms. The SMILES string of the molecule is C[C@@]1(CF)C[C@@H](NC(=O)Nc2ccc3c(c2)NC(=O)N(CCO)C3)c2ccc(C(F)(F)F)cc2O1. The third kappa shape index (κ3) is 5.26. The quantitative estimate of drug-likeness (QED) is 0.460. The number of rotatable bonds is 5. The molecule has 0 fully saturated rings. The number of aliphatic hydroxyl groups is 1. The van der Waals surface area contributed by atoms with E-state index in [9.17, 15) is 27.2 Å². The van der Waals surface area contributed by atoms with Crippen LogP contribution in [0.3, 0.4) is 0 Å². The molecule has 2 aliphatic heterocycles. The first kappa shape index (κ1) is 24.6. The third-order valence-electron chi connectivity index (χ3n) is 5.92. The molecule has 0 saturated heterocycles. The van der Waals surface area contributed by atoms with Crippen LogP contribution in [0.2, 0.25) is 0 Å². The van der Waals surface area contributed by atoms with Crippen molar-refractivity contribution in [2.45, 2.75) is 37.7 Å². The summed E-state index contributed by atoms with van der Waals surface area (Å²) in [6, 6.07) is 5.99. The van der Waals surface area contributed by atoms with Gasteiger partial charge in [-0.2, -0.15) is 13.2 Å². The molecule has 2 aliphatic rings. The number of nitrogens with one attached hydrogen (secondary N) is 3. The van der Waals surface area contributed by atoms with Gasteiger partial charge in [0.25, 0.3) is 0 Å². The number of urea groups is 2. The molecule has 8 nitrogen and oxygen atoms in total. The largest absolute Gasteiger partial charge is 0.484 e. The van der Waals surface area contributed by atoms with E-state index in [-0.39, 0.29) is 31.4 Å². The molecule has 2 atom stereocenters.